The number of aryl methyl sites for hydroxylation is 2. The molecule has 0 aliphatic carbocycles. The SMILES string of the molecule is COc1cccc(OC(C)C(=O)NCCOc2cc(C)ccc2C)c1. The van der Waals surface area contributed by atoms with E-state index >= 15 is 0 Å². The van der Waals surface area contributed by atoms with E-state index < -0.39 is 6.10 Å². The van der Waals surface area contributed by atoms with Crippen LogP contribution in [0.25, 0.3) is 0 Å². The normalized spacial score (nSPS) is 11.5. The third kappa shape index (κ3) is 5.71. The van der Waals surface area contributed by atoms with Crippen LogP contribution in [0.2, 0.25) is 0 Å². The Labute approximate surface area is 148 Å². The lowest BCUT2D eigenvalue weighted by atomic mass is 10.1. The number of nitrogens with one attached hydrogen (secondary N) is 1. The number of methoxy groups -OCH3 is 1. The molecule has 2 rings (SSSR count). The van der Waals surface area contributed by atoms with E-state index in [4.69, 9.17) is 14.2 Å². The highest BCUT2D eigenvalue weighted by atomic mass is 16.5. The van der Waals surface area contributed by atoms with Crippen LogP contribution in [0.15, 0.2) is 42.5 Å². The average Bonchev–Trinajstić information content (AvgIpc) is 2.61. The van der Waals surface area contributed by atoms with Gasteiger partial charge in [0, 0.05) is 6.07 Å². The molecule has 0 aromatic heterocycles. The van der Waals surface area contributed by atoms with Gasteiger partial charge in [0.1, 0.15) is 23.9 Å². The molecule has 1 amide bonds. The molecule has 0 saturated heterocycles. The largest absolute Gasteiger partial charge is 0.497 e. The molecule has 1 N–H and O–H groups in total. The predicted octanol–water partition coefficient (Wildman–Crippen LogP) is 3.27. The highest BCUT2D eigenvalue weighted by Crippen LogP contribution is 2.20. The summed E-state index contributed by atoms with van der Waals surface area (Å²) in [7, 11) is 1.59. The van der Waals surface area contributed by atoms with Gasteiger partial charge in [-0.3, -0.25) is 4.79 Å². The summed E-state index contributed by atoms with van der Waals surface area (Å²) in [4.78, 5) is 12.1. The van der Waals surface area contributed by atoms with Crippen molar-refractivity contribution in [3.05, 3.63) is 53.6 Å². The van der Waals surface area contributed by atoms with Gasteiger partial charge in [-0.1, -0.05) is 18.2 Å². The molecule has 2 aromatic rings. The monoisotopic (exact) mass is 343 g/mol. The minimum atomic E-state index is -0.604. The molecule has 0 aliphatic heterocycles. The van der Waals surface area contributed by atoms with Gasteiger partial charge in [-0.05, 0) is 50.1 Å². The van der Waals surface area contributed by atoms with Crippen molar-refractivity contribution in [3.63, 3.8) is 0 Å². The fraction of sp³-hybridized carbons (Fsp3) is 0.350. The summed E-state index contributed by atoms with van der Waals surface area (Å²) in [5, 5.41) is 2.82. The molecule has 5 heteroatoms. The first-order valence-electron chi connectivity index (χ1n) is 8.28. The Morgan fingerprint density at radius 3 is 2.64 bits per heavy atom. The minimum Gasteiger partial charge on any atom is -0.497 e. The molecule has 0 saturated carbocycles. The fourth-order valence-corrected chi connectivity index (χ4v) is 2.27. The van der Waals surface area contributed by atoms with Crippen LogP contribution in [0, 0.1) is 13.8 Å². The summed E-state index contributed by atoms with van der Waals surface area (Å²) >= 11 is 0. The molecule has 1 unspecified atom stereocenters. The van der Waals surface area contributed by atoms with Gasteiger partial charge in [0.05, 0.1) is 13.7 Å². The number of hydrogen-bond acceptors (Lipinski definition) is 4. The Bertz CT molecular complexity index is 715. The first-order chi connectivity index (χ1) is 12.0. The number of rotatable bonds is 8. The van der Waals surface area contributed by atoms with E-state index in [2.05, 4.69) is 5.32 Å². The van der Waals surface area contributed by atoms with Crippen LogP contribution in [0.4, 0.5) is 0 Å². The third-order valence-electron chi connectivity index (χ3n) is 3.73. The summed E-state index contributed by atoms with van der Waals surface area (Å²) < 4.78 is 16.5. The number of benzene rings is 2. The molecule has 25 heavy (non-hydrogen) atoms. The van der Waals surface area contributed by atoms with Crippen molar-refractivity contribution in [2.75, 3.05) is 20.3 Å². The second-order valence-electron chi connectivity index (χ2n) is 5.85. The molecule has 0 heterocycles. The molecule has 1 atom stereocenters. The first kappa shape index (κ1) is 18.6. The molecule has 0 radical (unpaired) electrons. The molecule has 2 aromatic carbocycles. The third-order valence-corrected chi connectivity index (χ3v) is 3.73. The van der Waals surface area contributed by atoms with Crippen molar-refractivity contribution in [1.82, 2.24) is 5.32 Å². The van der Waals surface area contributed by atoms with Gasteiger partial charge in [0.2, 0.25) is 0 Å². The molecule has 0 aliphatic rings. The minimum absolute atomic E-state index is 0.188. The quantitative estimate of drug-likeness (QED) is 0.748. The van der Waals surface area contributed by atoms with Crippen LogP contribution in [0.5, 0.6) is 17.2 Å². The molecule has 0 bridgehead atoms. The second-order valence-corrected chi connectivity index (χ2v) is 5.85. The molecule has 134 valence electrons. The zero-order valence-corrected chi connectivity index (χ0v) is 15.2. The maximum atomic E-state index is 12.1. The van der Waals surface area contributed by atoms with E-state index in [1.165, 1.54) is 0 Å². The van der Waals surface area contributed by atoms with E-state index in [1.807, 2.05) is 44.2 Å². The van der Waals surface area contributed by atoms with E-state index in [9.17, 15) is 4.79 Å². The summed E-state index contributed by atoms with van der Waals surface area (Å²) in [6.45, 7) is 6.55. The van der Waals surface area contributed by atoms with Crippen molar-refractivity contribution in [2.24, 2.45) is 0 Å². The average molecular weight is 343 g/mol. The van der Waals surface area contributed by atoms with E-state index in [0.29, 0.717) is 24.7 Å². The lowest BCUT2D eigenvalue weighted by molar-refractivity contribution is -0.127. The smallest absolute Gasteiger partial charge is 0.260 e. The van der Waals surface area contributed by atoms with E-state index in [1.54, 1.807) is 26.2 Å². The predicted molar refractivity (Wildman–Crippen MR) is 97.5 cm³/mol. The van der Waals surface area contributed by atoms with E-state index in [0.717, 1.165) is 16.9 Å². The number of amides is 1. The molecular formula is C20H25NO4. The maximum absolute atomic E-state index is 12.1. The van der Waals surface area contributed by atoms with Crippen molar-refractivity contribution in [3.8, 4) is 17.2 Å². The van der Waals surface area contributed by atoms with Gasteiger partial charge in [-0.2, -0.15) is 0 Å². The molecule has 0 fully saturated rings. The number of hydrogen-bond donors (Lipinski definition) is 1. The van der Waals surface area contributed by atoms with Crippen LogP contribution in [-0.2, 0) is 4.79 Å². The van der Waals surface area contributed by atoms with Gasteiger partial charge in [-0.15, -0.1) is 0 Å². The molecular weight excluding hydrogens is 318 g/mol. The standard InChI is InChI=1S/C20H25NO4/c1-14-8-9-15(2)19(12-14)24-11-10-21-20(22)16(3)25-18-7-5-6-17(13-18)23-4/h5-9,12-13,16H,10-11H2,1-4H3,(H,21,22). The highest BCUT2D eigenvalue weighted by molar-refractivity contribution is 5.80. The lowest BCUT2D eigenvalue weighted by Crippen LogP contribution is -2.38. The van der Waals surface area contributed by atoms with Crippen LogP contribution in [0.3, 0.4) is 0 Å². The van der Waals surface area contributed by atoms with Gasteiger partial charge in [0.15, 0.2) is 6.10 Å². The Balaban J connectivity index is 1.76. The zero-order chi connectivity index (χ0) is 18.2. The van der Waals surface area contributed by atoms with Crippen LogP contribution in [-0.4, -0.2) is 32.3 Å². The van der Waals surface area contributed by atoms with Crippen molar-refractivity contribution >= 4 is 5.91 Å². The molecule has 5 nitrogen and oxygen atoms in total. The number of carbonyl (C=O) groups excluding carboxylic acids is 1. The molecule has 0 spiro atoms. The van der Waals surface area contributed by atoms with Gasteiger partial charge < -0.3 is 19.5 Å². The summed E-state index contributed by atoms with van der Waals surface area (Å²) in [6, 6.07) is 13.2. The highest BCUT2D eigenvalue weighted by Gasteiger charge is 2.14. The van der Waals surface area contributed by atoms with Crippen molar-refractivity contribution in [1.29, 1.82) is 0 Å². The number of carbonyl (C=O) groups is 1. The van der Waals surface area contributed by atoms with Crippen LogP contribution >= 0.6 is 0 Å². The van der Waals surface area contributed by atoms with Crippen LogP contribution < -0.4 is 19.5 Å². The second kappa shape index (κ2) is 8.97. The lowest BCUT2D eigenvalue weighted by Gasteiger charge is -2.16. The zero-order valence-electron chi connectivity index (χ0n) is 15.2. The van der Waals surface area contributed by atoms with Crippen LogP contribution in [0.1, 0.15) is 18.1 Å². The van der Waals surface area contributed by atoms with Crippen molar-refractivity contribution in [2.45, 2.75) is 26.9 Å². The van der Waals surface area contributed by atoms with Gasteiger partial charge in [0.25, 0.3) is 5.91 Å². The Morgan fingerprint density at radius 2 is 1.88 bits per heavy atom. The Hall–Kier alpha value is -2.69. The Kier molecular flexibility index (Phi) is 6.69. The van der Waals surface area contributed by atoms with Crippen molar-refractivity contribution < 1.29 is 19.0 Å². The summed E-state index contributed by atoms with van der Waals surface area (Å²) in [5.74, 6) is 1.93. The van der Waals surface area contributed by atoms with Gasteiger partial charge in [-0.25, -0.2) is 0 Å². The summed E-state index contributed by atoms with van der Waals surface area (Å²) in [5.41, 5.74) is 2.22. The topological polar surface area (TPSA) is 56.8 Å². The van der Waals surface area contributed by atoms with Gasteiger partial charge >= 0.3 is 0 Å². The maximum Gasteiger partial charge on any atom is 0.260 e. The summed E-state index contributed by atoms with van der Waals surface area (Å²) in [6.07, 6.45) is -0.604. The number of ether oxygens (including phenoxy) is 3. The first-order valence-corrected chi connectivity index (χ1v) is 8.28. The van der Waals surface area contributed by atoms with E-state index in [-0.39, 0.29) is 5.91 Å². The fourth-order valence-electron chi connectivity index (χ4n) is 2.27. The Morgan fingerprint density at radius 1 is 1.12 bits per heavy atom.